The molecule has 0 aliphatic carbocycles. The van der Waals surface area contributed by atoms with Gasteiger partial charge in [0.15, 0.2) is 0 Å². The molecule has 23 nitrogen and oxygen atoms in total. The van der Waals surface area contributed by atoms with E-state index < -0.39 is 41.9 Å². The Balaban J connectivity index is 1.63. The van der Waals surface area contributed by atoms with Crippen molar-refractivity contribution in [1.29, 1.82) is 0 Å². The lowest BCUT2D eigenvalue weighted by Gasteiger charge is -2.25. The highest BCUT2D eigenvalue weighted by molar-refractivity contribution is 7.80. The normalized spacial score (nSPS) is 13.0. The van der Waals surface area contributed by atoms with E-state index in [1.54, 1.807) is 50.1 Å². The molecule has 1 aliphatic rings. The predicted molar refractivity (Wildman–Crippen MR) is 247 cm³/mol. The summed E-state index contributed by atoms with van der Waals surface area (Å²) in [6, 6.07) is 4.08. The lowest BCUT2D eigenvalue weighted by atomic mass is 10.0. The average molecular weight is 969 g/mol. The zero-order valence-electron chi connectivity index (χ0n) is 38.8. The SMILES string of the molecule is CC(C)[C@H](NC(=O)CCOCCOCCOCCOCCOCCOCCN1C(=O)C=CC1=O)C(=O)N[C@@H](CCCNC(N)=O)C(=O)Nc1ccc(COC(=S)N(C)CCN(C)C(=O)O)cc1. The Kier molecular flexibility index (Phi) is 29.1. The number of rotatable bonds is 36. The molecule has 0 radical (unpaired) electrons. The van der Waals surface area contributed by atoms with Crippen molar-refractivity contribution in [2.24, 2.45) is 11.7 Å². The summed E-state index contributed by atoms with van der Waals surface area (Å²) in [6.07, 6.45) is 1.87. The maximum absolute atomic E-state index is 13.5. The van der Waals surface area contributed by atoms with Gasteiger partial charge in [0.2, 0.25) is 17.7 Å². The van der Waals surface area contributed by atoms with Crippen LogP contribution in [-0.2, 0) is 63.7 Å². The smallest absolute Gasteiger partial charge is 0.407 e. The van der Waals surface area contributed by atoms with Gasteiger partial charge in [0.05, 0.1) is 85.8 Å². The van der Waals surface area contributed by atoms with Gasteiger partial charge in [-0.25, -0.2) is 9.59 Å². The summed E-state index contributed by atoms with van der Waals surface area (Å²) >= 11 is 5.30. The Bertz CT molecular complexity index is 1720. The summed E-state index contributed by atoms with van der Waals surface area (Å²) in [6.45, 7) is 8.36. The van der Waals surface area contributed by atoms with E-state index in [1.165, 1.54) is 19.2 Å². The summed E-state index contributed by atoms with van der Waals surface area (Å²) in [4.78, 5) is 88.8. The Morgan fingerprint density at radius 2 is 1.24 bits per heavy atom. The molecule has 7 N–H and O–H groups in total. The number of benzene rings is 1. The number of nitrogens with zero attached hydrogens (tertiary/aromatic N) is 3. The van der Waals surface area contributed by atoms with Crippen molar-refractivity contribution in [3.8, 4) is 0 Å². The number of primary amides is 1. The molecule has 1 aliphatic heterocycles. The molecule has 2 atom stereocenters. The minimum absolute atomic E-state index is 0.0155. The van der Waals surface area contributed by atoms with Crippen LogP contribution in [0.1, 0.15) is 38.7 Å². The number of thiocarbonyl (C=S) groups is 1. The number of anilines is 1. The van der Waals surface area contributed by atoms with E-state index in [4.69, 9.17) is 56.2 Å². The van der Waals surface area contributed by atoms with Gasteiger partial charge in [-0.1, -0.05) is 26.0 Å². The van der Waals surface area contributed by atoms with E-state index in [0.29, 0.717) is 71.5 Å². The van der Waals surface area contributed by atoms with E-state index in [0.717, 1.165) is 15.4 Å². The van der Waals surface area contributed by atoms with E-state index in [-0.39, 0.29) is 88.4 Å². The van der Waals surface area contributed by atoms with Crippen LogP contribution in [-0.4, -0.2) is 198 Å². The third-order valence-electron chi connectivity index (χ3n) is 9.55. The number of nitrogens with two attached hydrogens (primary N) is 1. The highest BCUT2D eigenvalue weighted by atomic mass is 32.1. The summed E-state index contributed by atoms with van der Waals surface area (Å²) in [7, 11) is 3.15. The molecule has 0 unspecified atom stereocenters. The van der Waals surface area contributed by atoms with Gasteiger partial charge in [-0.05, 0) is 48.7 Å². The van der Waals surface area contributed by atoms with Crippen LogP contribution in [0.4, 0.5) is 15.3 Å². The number of nitrogens with one attached hydrogen (secondary N) is 4. The molecule has 2 rings (SSSR count). The lowest BCUT2D eigenvalue weighted by molar-refractivity contribution is -0.137. The number of hydrogen-bond acceptors (Lipinski definition) is 15. The first-order chi connectivity index (χ1) is 32.1. The van der Waals surface area contributed by atoms with E-state index in [2.05, 4.69) is 21.3 Å². The van der Waals surface area contributed by atoms with Crippen molar-refractivity contribution in [1.82, 2.24) is 30.7 Å². The zero-order chi connectivity index (χ0) is 49.4. The predicted octanol–water partition coefficient (Wildman–Crippen LogP) is 0.457. The molecule has 376 valence electrons. The van der Waals surface area contributed by atoms with Crippen molar-refractivity contribution >= 4 is 64.7 Å². The molecule has 1 aromatic rings. The summed E-state index contributed by atoms with van der Waals surface area (Å²) in [5.41, 5.74) is 6.37. The number of likely N-dealkylation sites (N-methyl/N-ethyl adjacent to an activating group) is 2. The van der Waals surface area contributed by atoms with Gasteiger partial charge in [-0.2, -0.15) is 0 Å². The van der Waals surface area contributed by atoms with E-state index in [9.17, 15) is 33.6 Å². The molecule has 0 aromatic heterocycles. The Morgan fingerprint density at radius 3 is 1.75 bits per heavy atom. The van der Waals surface area contributed by atoms with Crippen LogP contribution >= 0.6 is 12.2 Å². The molecule has 1 heterocycles. The van der Waals surface area contributed by atoms with Crippen molar-refractivity contribution in [3.05, 3.63) is 42.0 Å². The fourth-order valence-corrected chi connectivity index (χ4v) is 5.81. The number of carboxylic acid groups (broad SMARTS) is 1. The molecule has 0 fully saturated rings. The minimum atomic E-state index is -1.05. The molecule has 24 heteroatoms. The number of hydrogen-bond donors (Lipinski definition) is 6. The van der Waals surface area contributed by atoms with Gasteiger partial charge in [-0.15, -0.1) is 0 Å². The Hall–Kier alpha value is -5.50. The summed E-state index contributed by atoms with van der Waals surface area (Å²) in [5, 5.41) is 20.0. The van der Waals surface area contributed by atoms with E-state index >= 15 is 0 Å². The molecular formula is C43H68N8O15S. The largest absolute Gasteiger partial charge is 0.466 e. The Labute approximate surface area is 396 Å². The third kappa shape index (κ3) is 25.8. The highest BCUT2D eigenvalue weighted by Crippen LogP contribution is 2.13. The van der Waals surface area contributed by atoms with Crippen molar-refractivity contribution in [2.45, 2.75) is 51.8 Å². The molecular weight excluding hydrogens is 901 g/mol. The first kappa shape index (κ1) is 57.6. The molecule has 0 saturated carbocycles. The van der Waals surface area contributed by atoms with Crippen LogP contribution in [0.25, 0.3) is 0 Å². The summed E-state index contributed by atoms with van der Waals surface area (Å²) < 4.78 is 38.4. The van der Waals surface area contributed by atoms with E-state index in [1.807, 2.05) is 0 Å². The van der Waals surface area contributed by atoms with Crippen LogP contribution in [0, 0.1) is 5.92 Å². The monoisotopic (exact) mass is 968 g/mol. The number of carbonyl (C=O) groups is 7. The van der Waals surface area contributed by atoms with Crippen LogP contribution in [0.3, 0.4) is 0 Å². The first-order valence-corrected chi connectivity index (χ1v) is 22.3. The fraction of sp³-hybridized carbons (Fsp3) is 0.628. The van der Waals surface area contributed by atoms with Crippen LogP contribution in [0.5, 0.6) is 0 Å². The number of ether oxygens (including phenoxy) is 7. The van der Waals surface area contributed by atoms with Gasteiger partial charge < -0.3 is 75.1 Å². The van der Waals surface area contributed by atoms with Gasteiger partial charge >= 0.3 is 12.1 Å². The van der Waals surface area contributed by atoms with Gasteiger partial charge in [0.25, 0.3) is 17.0 Å². The number of carbonyl (C=O) groups excluding carboxylic acids is 6. The second kappa shape index (κ2) is 33.9. The topological polar surface area (TPSA) is 288 Å². The van der Waals surface area contributed by atoms with Gasteiger partial charge in [0.1, 0.15) is 18.7 Å². The zero-order valence-corrected chi connectivity index (χ0v) is 39.6. The molecule has 0 bridgehead atoms. The first-order valence-electron chi connectivity index (χ1n) is 21.9. The van der Waals surface area contributed by atoms with Crippen LogP contribution < -0.4 is 27.0 Å². The quantitative estimate of drug-likeness (QED) is 0.0303. The minimum Gasteiger partial charge on any atom is -0.466 e. The van der Waals surface area contributed by atoms with Crippen molar-refractivity contribution in [3.63, 3.8) is 0 Å². The Morgan fingerprint density at radius 1 is 0.731 bits per heavy atom. The van der Waals surface area contributed by atoms with Crippen LogP contribution in [0.2, 0.25) is 0 Å². The second-order valence-corrected chi connectivity index (χ2v) is 15.6. The fourth-order valence-electron chi connectivity index (χ4n) is 5.66. The summed E-state index contributed by atoms with van der Waals surface area (Å²) in [5.74, 6) is -2.50. The van der Waals surface area contributed by atoms with Crippen molar-refractivity contribution < 1.29 is 71.8 Å². The van der Waals surface area contributed by atoms with Gasteiger partial charge in [0, 0.05) is 58.0 Å². The average Bonchev–Trinajstić information content (AvgIpc) is 3.61. The highest BCUT2D eigenvalue weighted by Gasteiger charge is 2.29. The number of imide groups is 1. The van der Waals surface area contributed by atoms with Crippen LogP contribution in [0.15, 0.2) is 36.4 Å². The standard InChI is InChI=1S/C43H68N8O15S/c1-31(2)38(48-35(52)13-18-60-20-22-62-24-26-64-28-29-65-27-25-63-23-21-61-19-17-51-36(53)11-12-37(51)54)40(56)47-34(6-5-14-45-41(44)57)39(55)46-33-9-7-32(8-10-33)30-66-43(67)50(4)16-15-49(3)42(58)59/h7-12,31,34,38H,5-6,13-30H2,1-4H3,(H,46,55)(H,47,56)(H,48,52)(H,58,59)(H3,44,45,57)/t34-,38-/m0/s1. The second-order valence-electron chi connectivity index (χ2n) is 15.2. The lowest BCUT2D eigenvalue weighted by Crippen LogP contribution is -2.54. The molecule has 0 spiro atoms. The molecule has 8 amide bonds. The van der Waals surface area contributed by atoms with Gasteiger partial charge in [-0.3, -0.25) is 28.9 Å². The maximum Gasteiger partial charge on any atom is 0.407 e. The third-order valence-corrected chi connectivity index (χ3v) is 9.98. The number of urea groups is 1. The molecule has 0 saturated heterocycles. The molecule has 1 aromatic carbocycles. The maximum atomic E-state index is 13.5. The van der Waals surface area contributed by atoms with Crippen molar-refractivity contribution in [2.75, 3.05) is 125 Å². The molecule has 67 heavy (non-hydrogen) atoms. The number of amides is 8.